The number of hydrogen-bond donors (Lipinski definition) is 0. The lowest BCUT2D eigenvalue weighted by Crippen LogP contribution is -2.41. The fourth-order valence-electron chi connectivity index (χ4n) is 2.67. The molecule has 0 aromatic heterocycles. The van der Waals surface area contributed by atoms with Crippen LogP contribution in [-0.2, 0) is 15.7 Å². The predicted molar refractivity (Wildman–Crippen MR) is 73.1 cm³/mol. The summed E-state index contributed by atoms with van der Waals surface area (Å²) in [5.41, 5.74) is 0.0596. The van der Waals surface area contributed by atoms with Crippen LogP contribution in [0.1, 0.15) is 31.2 Å². The van der Waals surface area contributed by atoms with E-state index in [0.717, 1.165) is 43.6 Å². The largest absolute Gasteiger partial charge is 0.469 e. The van der Waals surface area contributed by atoms with E-state index in [1.165, 1.54) is 19.2 Å². The molecule has 1 aliphatic rings. The standard InChI is InChI=1S/C15H18F3NO2/c1-21-14(20)10-13-4-2-3-9-19(13)12-7-5-11(6-8-12)15(16,17)18/h5-8,13H,2-4,9-10H2,1H3. The van der Waals surface area contributed by atoms with E-state index in [-0.39, 0.29) is 18.4 Å². The van der Waals surface area contributed by atoms with Crippen molar-refractivity contribution in [2.24, 2.45) is 0 Å². The third kappa shape index (κ3) is 3.89. The SMILES string of the molecule is COC(=O)CC1CCCCN1c1ccc(C(F)(F)F)cc1. The summed E-state index contributed by atoms with van der Waals surface area (Å²) in [7, 11) is 1.34. The third-order valence-electron chi connectivity index (χ3n) is 3.78. The van der Waals surface area contributed by atoms with Crippen molar-refractivity contribution in [1.29, 1.82) is 0 Å². The highest BCUT2D eigenvalue weighted by atomic mass is 19.4. The number of anilines is 1. The van der Waals surface area contributed by atoms with Gasteiger partial charge in [-0.1, -0.05) is 0 Å². The molecule has 1 unspecified atom stereocenters. The molecule has 116 valence electrons. The van der Waals surface area contributed by atoms with Crippen LogP contribution in [0.25, 0.3) is 0 Å². The summed E-state index contributed by atoms with van der Waals surface area (Å²) in [5.74, 6) is -0.293. The van der Waals surface area contributed by atoms with Crippen LogP contribution in [-0.4, -0.2) is 25.7 Å². The van der Waals surface area contributed by atoms with E-state index >= 15 is 0 Å². The van der Waals surface area contributed by atoms with Crippen molar-refractivity contribution in [2.45, 2.75) is 37.9 Å². The van der Waals surface area contributed by atoms with Gasteiger partial charge in [-0.25, -0.2) is 0 Å². The highest BCUT2D eigenvalue weighted by Gasteiger charge is 2.31. The van der Waals surface area contributed by atoms with E-state index < -0.39 is 11.7 Å². The molecule has 0 spiro atoms. The molecule has 1 aliphatic heterocycles. The second-order valence-corrected chi connectivity index (χ2v) is 5.17. The highest BCUT2D eigenvalue weighted by molar-refractivity contribution is 5.71. The van der Waals surface area contributed by atoms with Gasteiger partial charge in [-0.2, -0.15) is 13.2 Å². The number of halogens is 3. The van der Waals surface area contributed by atoms with E-state index in [0.29, 0.717) is 0 Å². The van der Waals surface area contributed by atoms with Gasteiger partial charge < -0.3 is 9.64 Å². The van der Waals surface area contributed by atoms with Crippen LogP contribution in [0.5, 0.6) is 0 Å². The van der Waals surface area contributed by atoms with Crippen LogP contribution >= 0.6 is 0 Å². The third-order valence-corrected chi connectivity index (χ3v) is 3.78. The molecule has 1 saturated heterocycles. The Labute approximate surface area is 121 Å². The quantitative estimate of drug-likeness (QED) is 0.799. The average molecular weight is 301 g/mol. The molecule has 6 heteroatoms. The molecule has 2 rings (SSSR count). The number of hydrogen-bond acceptors (Lipinski definition) is 3. The van der Waals surface area contributed by atoms with Crippen molar-refractivity contribution in [3.05, 3.63) is 29.8 Å². The minimum absolute atomic E-state index is 0.0112. The van der Waals surface area contributed by atoms with E-state index in [1.54, 1.807) is 0 Å². The lowest BCUT2D eigenvalue weighted by molar-refractivity contribution is -0.141. The molecule has 0 N–H and O–H groups in total. The topological polar surface area (TPSA) is 29.5 Å². The molecule has 1 atom stereocenters. The number of carbonyl (C=O) groups is 1. The van der Waals surface area contributed by atoms with Crippen LogP contribution in [0.2, 0.25) is 0 Å². The van der Waals surface area contributed by atoms with Gasteiger partial charge in [0.05, 0.1) is 19.1 Å². The number of ether oxygens (including phenoxy) is 1. The molecule has 1 fully saturated rings. The molecule has 1 heterocycles. The van der Waals surface area contributed by atoms with Gasteiger partial charge in [0.2, 0.25) is 0 Å². The molecule has 0 aliphatic carbocycles. The van der Waals surface area contributed by atoms with Crippen molar-refractivity contribution < 1.29 is 22.7 Å². The van der Waals surface area contributed by atoms with Crippen molar-refractivity contribution >= 4 is 11.7 Å². The van der Waals surface area contributed by atoms with Gasteiger partial charge in [-0.3, -0.25) is 4.79 Å². The molecule has 1 aromatic carbocycles. The lowest BCUT2D eigenvalue weighted by Gasteiger charge is -2.37. The van der Waals surface area contributed by atoms with Crippen molar-refractivity contribution in [2.75, 3.05) is 18.6 Å². The van der Waals surface area contributed by atoms with Gasteiger partial charge in [-0.05, 0) is 43.5 Å². The maximum absolute atomic E-state index is 12.6. The number of carbonyl (C=O) groups excluding carboxylic acids is 1. The summed E-state index contributed by atoms with van der Waals surface area (Å²) >= 11 is 0. The zero-order valence-corrected chi connectivity index (χ0v) is 11.8. The van der Waals surface area contributed by atoms with E-state index in [2.05, 4.69) is 4.74 Å². The summed E-state index contributed by atoms with van der Waals surface area (Å²) in [4.78, 5) is 13.4. The second-order valence-electron chi connectivity index (χ2n) is 5.17. The van der Waals surface area contributed by atoms with Crippen LogP contribution in [0.4, 0.5) is 18.9 Å². The molecule has 1 aromatic rings. The fraction of sp³-hybridized carbons (Fsp3) is 0.533. The maximum Gasteiger partial charge on any atom is 0.416 e. The minimum atomic E-state index is -4.33. The van der Waals surface area contributed by atoms with Gasteiger partial charge in [0, 0.05) is 18.3 Å². The van der Waals surface area contributed by atoms with Gasteiger partial charge in [-0.15, -0.1) is 0 Å². The molecular formula is C15H18F3NO2. The predicted octanol–water partition coefficient (Wildman–Crippen LogP) is 3.63. The first-order chi connectivity index (χ1) is 9.91. The van der Waals surface area contributed by atoms with Crippen molar-refractivity contribution in [1.82, 2.24) is 0 Å². The fourth-order valence-corrected chi connectivity index (χ4v) is 2.67. The summed E-state index contributed by atoms with van der Waals surface area (Å²) in [5, 5.41) is 0. The van der Waals surface area contributed by atoms with Crippen LogP contribution in [0, 0.1) is 0 Å². The Kier molecular flexibility index (Phi) is 4.75. The molecular weight excluding hydrogens is 283 g/mol. The summed E-state index contributed by atoms with van der Waals surface area (Å²) in [6, 6.07) is 5.10. The zero-order valence-electron chi connectivity index (χ0n) is 11.8. The monoisotopic (exact) mass is 301 g/mol. The normalized spacial score (nSPS) is 19.4. The highest BCUT2D eigenvalue weighted by Crippen LogP contribution is 2.32. The first-order valence-corrected chi connectivity index (χ1v) is 6.92. The Hall–Kier alpha value is -1.72. The Bertz CT molecular complexity index is 485. The molecule has 0 saturated carbocycles. The summed E-state index contributed by atoms with van der Waals surface area (Å²) in [6.07, 6.45) is -1.24. The lowest BCUT2D eigenvalue weighted by atomic mass is 9.98. The first kappa shape index (κ1) is 15.7. The molecule has 3 nitrogen and oxygen atoms in total. The Morgan fingerprint density at radius 2 is 1.95 bits per heavy atom. The van der Waals surface area contributed by atoms with Crippen LogP contribution in [0.3, 0.4) is 0 Å². The van der Waals surface area contributed by atoms with Gasteiger partial charge in [0.1, 0.15) is 0 Å². The van der Waals surface area contributed by atoms with Crippen molar-refractivity contribution in [3.8, 4) is 0 Å². The Balaban J connectivity index is 2.15. The maximum atomic E-state index is 12.6. The Morgan fingerprint density at radius 3 is 2.52 bits per heavy atom. The van der Waals surface area contributed by atoms with E-state index in [4.69, 9.17) is 0 Å². The minimum Gasteiger partial charge on any atom is -0.469 e. The summed E-state index contributed by atoms with van der Waals surface area (Å²) in [6.45, 7) is 0.743. The molecule has 0 amide bonds. The van der Waals surface area contributed by atoms with Gasteiger partial charge in [0.25, 0.3) is 0 Å². The van der Waals surface area contributed by atoms with E-state index in [9.17, 15) is 18.0 Å². The smallest absolute Gasteiger partial charge is 0.416 e. The number of rotatable bonds is 3. The number of piperidine rings is 1. The zero-order chi connectivity index (χ0) is 15.5. The number of esters is 1. The van der Waals surface area contributed by atoms with Gasteiger partial charge >= 0.3 is 12.1 Å². The number of alkyl halides is 3. The average Bonchev–Trinajstić information content (AvgIpc) is 2.47. The van der Waals surface area contributed by atoms with Gasteiger partial charge in [0.15, 0.2) is 0 Å². The molecule has 21 heavy (non-hydrogen) atoms. The Morgan fingerprint density at radius 1 is 1.29 bits per heavy atom. The molecule has 0 bridgehead atoms. The number of nitrogens with zero attached hydrogens (tertiary/aromatic N) is 1. The van der Waals surface area contributed by atoms with E-state index in [1.807, 2.05) is 4.90 Å². The first-order valence-electron chi connectivity index (χ1n) is 6.92. The number of benzene rings is 1. The van der Waals surface area contributed by atoms with Crippen molar-refractivity contribution in [3.63, 3.8) is 0 Å². The van der Waals surface area contributed by atoms with Crippen LogP contribution in [0.15, 0.2) is 24.3 Å². The van der Waals surface area contributed by atoms with Crippen LogP contribution < -0.4 is 4.90 Å². The second kappa shape index (κ2) is 6.37. The number of methoxy groups -OCH3 is 1. The summed E-state index contributed by atoms with van der Waals surface area (Å²) < 4.78 is 42.4. The molecule has 0 radical (unpaired) electrons.